The molecule has 31 heavy (non-hydrogen) atoms. The largest absolute Gasteiger partial charge is 0.444 e. The van der Waals surface area contributed by atoms with Gasteiger partial charge in [-0.05, 0) is 57.7 Å². The van der Waals surface area contributed by atoms with Gasteiger partial charge < -0.3 is 25.3 Å². The van der Waals surface area contributed by atoms with E-state index in [1.54, 1.807) is 27.1 Å². The molecule has 1 aliphatic rings. The van der Waals surface area contributed by atoms with Crippen LogP contribution in [0.5, 0.6) is 0 Å². The highest BCUT2D eigenvalue weighted by Gasteiger charge is 2.24. The van der Waals surface area contributed by atoms with Gasteiger partial charge in [0.2, 0.25) is 5.91 Å². The molecule has 168 valence electrons. The minimum Gasteiger partial charge on any atom is -0.444 e. The highest BCUT2D eigenvalue weighted by Crippen LogP contribution is 2.20. The highest BCUT2D eigenvalue weighted by molar-refractivity contribution is 5.97. The zero-order valence-electron chi connectivity index (χ0n) is 18.4. The van der Waals surface area contributed by atoms with Gasteiger partial charge in [-0.2, -0.15) is 0 Å². The van der Waals surface area contributed by atoms with E-state index in [1.807, 2.05) is 23.1 Å². The van der Waals surface area contributed by atoms with E-state index in [1.165, 1.54) is 0 Å². The number of amides is 3. The first-order valence-electron chi connectivity index (χ1n) is 10.7. The maximum Gasteiger partial charge on any atom is 0.407 e. The normalized spacial score (nSPS) is 15.0. The summed E-state index contributed by atoms with van der Waals surface area (Å²) >= 11 is 0. The van der Waals surface area contributed by atoms with Gasteiger partial charge in [0.15, 0.2) is 0 Å². The summed E-state index contributed by atoms with van der Waals surface area (Å²) in [5.74, 6) is 0.247. The van der Waals surface area contributed by atoms with Gasteiger partial charge in [0.1, 0.15) is 5.60 Å². The zero-order valence-corrected chi connectivity index (χ0v) is 18.4. The van der Waals surface area contributed by atoms with E-state index in [-0.39, 0.29) is 24.8 Å². The van der Waals surface area contributed by atoms with Crippen LogP contribution in [0.25, 0.3) is 11.0 Å². The topological polar surface area (TPSA) is 116 Å². The van der Waals surface area contributed by atoms with E-state index >= 15 is 0 Å². The summed E-state index contributed by atoms with van der Waals surface area (Å²) in [6.45, 7) is 7.51. The molecular formula is C22H31N5O4. The molecule has 1 fully saturated rings. The van der Waals surface area contributed by atoms with Crippen molar-refractivity contribution in [2.45, 2.75) is 45.6 Å². The Kier molecular flexibility index (Phi) is 7.14. The molecular weight excluding hydrogens is 398 g/mol. The van der Waals surface area contributed by atoms with Crippen LogP contribution in [-0.2, 0) is 9.53 Å². The molecule has 0 radical (unpaired) electrons. The van der Waals surface area contributed by atoms with Gasteiger partial charge in [0, 0.05) is 38.2 Å². The van der Waals surface area contributed by atoms with Crippen molar-refractivity contribution >= 4 is 28.9 Å². The molecule has 2 aromatic rings. The molecule has 0 bridgehead atoms. The second-order valence-corrected chi connectivity index (χ2v) is 8.85. The maximum atomic E-state index is 12.8. The molecule has 3 N–H and O–H groups in total. The summed E-state index contributed by atoms with van der Waals surface area (Å²) in [5.41, 5.74) is 1.78. The van der Waals surface area contributed by atoms with Crippen molar-refractivity contribution in [3.63, 3.8) is 0 Å². The van der Waals surface area contributed by atoms with Gasteiger partial charge in [-0.3, -0.25) is 9.59 Å². The first-order chi connectivity index (χ1) is 14.7. The van der Waals surface area contributed by atoms with Crippen LogP contribution in [0, 0.1) is 5.92 Å². The number of aromatic amines is 1. The van der Waals surface area contributed by atoms with Crippen LogP contribution < -0.4 is 10.6 Å². The number of ether oxygens (including phenoxy) is 1. The summed E-state index contributed by atoms with van der Waals surface area (Å²) in [6, 6.07) is 5.49. The number of alkyl carbamates (subject to hydrolysis) is 1. The Morgan fingerprint density at radius 2 is 1.94 bits per heavy atom. The lowest BCUT2D eigenvalue weighted by Gasteiger charge is -2.32. The van der Waals surface area contributed by atoms with Crippen LogP contribution in [0.4, 0.5) is 4.79 Å². The van der Waals surface area contributed by atoms with Crippen molar-refractivity contribution < 1.29 is 19.1 Å². The van der Waals surface area contributed by atoms with Crippen LogP contribution in [-0.4, -0.2) is 64.6 Å². The number of piperidine rings is 1. The van der Waals surface area contributed by atoms with Gasteiger partial charge in [-0.25, -0.2) is 9.78 Å². The van der Waals surface area contributed by atoms with Gasteiger partial charge in [-0.15, -0.1) is 0 Å². The average Bonchev–Trinajstić information content (AvgIpc) is 3.18. The van der Waals surface area contributed by atoms with Gasteiger partial charge in [0.05, 0.1) is 17.4 Å². The number of aromatic nitrogens is 2. The molecule has 3 rings (SSSR count). The van der Waals surface area contributed by atoms with Crippen molar-refractivity contribution in [3.05, 3.63) is 30.1 Å². The van der Waals surface area contributed by atoms with E-state index < -0.39 is 11.7 Å². The maximum absolute atomic E-state index is 12.8. The highest BCUT2D eigenvalue weighted by atomic mass is 16.6. The smallest absolute Gasteiger partial charge is 0.407 e. The number of nitrogens with zero attached hydrogens (tertiary/aromatic N) is 2. The predicted molar refractivity (Wildman–Crippen MR) is 117 cm³/mol. The van der Waals surface area contributed by atoms with Gasteiger partial charge >= 0.3 is 6.09 Å². The second-order valence-electron chi connectivity index (χ2n) is 8.85. The predicted octanol–water partition coefficient (Wildman–Crippen LogP) is 2.45. The standard InChI is InChI=1S/C22H31N5O4/c1-22(2,3)31-21(30)23-9-6-19(28)24-13-15-7-10-27(11-8-15)20(29)16-4-5-17-18(12-16)26-14-25-17/h4-5,12,14-15H,6-11,13H2,1-3H3,(H,23,30)(H,24,28)(H,25,26). The Hall–Kier alpha value is -3.10. The molecule has 2 heterocycles. The number of carbonyl (C=O) groups is 3. The third kappa shape index (κ3) is 6.70. The minimum atomic E-state index is -0.561. The minimum absolute atomic E-state index is 0.0206. The van der Waals surface area contributed by atoms with Gasteiger partial charge in [0.25, 0.3) is 5.91 Å². The number of nitrogens with one attached hydrogen (secondary N) is 3. The Labute approximate surface area is 181 Å². The first kappa shape index (κ1) is 22.6. The molecule has 9 heteroatoms. The second kappa shape index (κ2) is 9.80. The molecule has 0 saturated carbocycles. The van der Waals surface area contributed by atoms with Crippen LogP contribution >= 0.6 is 0 Å². The molecule has 9 nitrogen and oxygen atoms in total. The summed E-state index contributed by atoms with van der Waals surface area (Å²) in [6.07, 6.45) is 2.98. The zero-order chi connectivity index (χ0) is 22.4. The SMILES string of the molecule is CC(C)(C)OC(=O)NCCC(=O)NCC1CCN(C(=O)c2ccc3nc[nH]c3c2)CC1. The molecule has 1 aliphatic heterocycles. The van der Waals surface area contributed by atoms with Crippen molar-refractivity contribution in [2.75, 3.05) is 26.2 Å². The summed E-state index contributed by atoms with van der Waals surface area (Å²) in [4.78, 5) is 45.4. The number of benzene rings is 1. The van der Waals surface area contributed by atoms with Crippen molar-refractivity contribution in [1.82, 2.24) is 25.5 Å². The number of hydrogen-bond donors (Lipinski definition) is 3. The summed E-state index contributed by atoms with van der Waals surface area (Å²) in [5, 5.41) is 5.50. The molecule has 1 saturated heterocycles. The van der Waals surface area contributed by atoms with Crippen molar-refractivity contribution in [1.29, 1.82) is 0 Å². The fourth-order valence-electron chi connectivity index (χ4n) is 3.53. The Morgan fingerprint density at radius 1 is 1.19 bits per heavy atom. The number of H-pyrrole nitrogens is 1. The third-order valence-electron chi connectivity index (χ3n) is 5.18. The molecule has 3 amide bonds. The quantitative estimate of drug-likeness (QED) is 0.652. The molecule has 0 atom stereocenters. The number of hydrogen-bond acceptors (Lipinski definition) is 5. The molecule has 1 aromatic carbocycles. The Balaban J connectivity index is 1.34. The number of likely N-dealkylation sites (tertiary alicyclic amines) is 1. The monoisotopic (exact) mass is 429 g/mol. The number of imidazole rings is 1. The summed E-state index contributed by atoms with van der Waals surface area (Å²) in [7, 11) is 0. The van der Waals surface area contributed by atoms with Crippen molar-refractivity contribution in [3.8, 4) is 0 Å². The molecule has 0 spiro atoms. The van der Waals surface area contributed by atoms with Crippen LogP contribution in [0.3, 0.4) is 0 Å². The number of fused-ring (bicyclic) bond motifs is 1. The Bertz CT molecular complexity index is 925. The van der Waals surface area contributed by atoms with E-state index in [0.29, 0.717) is 31.1 Å². The molecule has 0 unspecified atom stereocenters. The lowest BCUT2D eigenvalue weighted by Crippen LogP contribution is -2.42. The first-order valence-corrected chi connectivity index (χ1v) is 10.7. The van der Waals surface area contributed by atoms with Crippen LogP contribution in [0.15, 0.2) is 24.5 Å². The van der Waals surface area contributed by atoms with E-state index in [2.05, 4.69) is 20.6 Å². The fraction of sp³-hybridized carbons (Fsp3) is 0.545. The average molecular weight is 430 g/mol. The molecule has 0 aliphatic carbocycles. The van der Waals surface area contributed by atoms with E-state index in [4.69, 9.17) is 4.74 Å². The lowest BCUT2D eigenvalue weighted by molar-refractivity contribution is -0.121. The molecule has 1 aromatic heterocycles. The summed E-state index contributed by atoms with van der Waals surface area (Å²) < 4.78 is 5.13. The van der Waals surface area contributed by atoms with Crippen LogP contribution in [0.2, 0.25) is 0 Å². The Morgan fingerprint density at radius 3 is 2.65 bits per heavy atom. The fourth-order valence-corrected chi connectivity index (χ4v) is 3.53. The van der Waals surface area contributed by atoms with E-state index in [9.17, 15) is 14.4 Å². The van der Waals surface area contributed by atoms with Crippen molar-refractivity contribution in [2.24, 2.45) is 5.92 Å². The third-order valence-corrected chi connectivity index (χ3v) is 5.18. The number of rotatable bonds is 6. The lowest BCUT2D eigenvalue weighted by atomic mass is 9.96. The number of carbonyl (C=O) groups excluding carboxylic acids is 3. The van der Waals surface area contributed by atoms with E-state index in [0.717, 1.165) is 23.9 Å². The van der Waals surface area contributed by atoms with Gasteiger partial charge in [-0.1, -0.05) is 0 Å². The van der Waals surface area contributed by atoms with Crippen LogP contribution in [0.1, 0.15) is 50.4 Å².